The molecule has 18 heavy (non-hydrogen) atoms. The molecule has 1 aromatic heterocycles. The minimum Gasteiger partial charge on any atom is -0.398 e. The Morgan fingerprint density at radius 3 is 2.83 bits per heavy atom. The number of carbonyl (C=O) groups excluding carboxylic acids is 1. The average molecular weight is 260 g/mol. The van der Waals surface area contributed by atoms with Crippen LogP contribution in [0.5, 0.6) is 0 Å². The molecule has 4 heteroatoms. The zero-order valence-corrected chi connectivity index (χ0v) is 11.3. The Kier molecular flexibility index (Phi) is 3.67. The van der Waals surface area contributed by atoms with Gasteiger partial charge in [-0.1, -0.05) is 6.07 Å². The second kappa shape index (κ2) is 5.23. The van der Waals surface area contributed by atoms with Crippen molar-refractivity contribution in [1.29, 1.82) is 0 Å². The first-order valence-electron chi connectivity index (χ1n) is 5.77. The topological polar surface area (TPSA) is 55.1 Å². The Balaban J connectivity index is 2.15. The van der Waals surface area contributed by atoms with E-state index in [1.54, 1.807) is 29.5 Å². The Bertz CT molecular complexity index is 549. The van der Waals surface area contributed by atoms with Crippen molar-refractivity contribution >= 4 is 22.9 Å². The van der Waals surface area contributed by atoms with E-state index in [9.17, 15) is 4.79 Å². The zero-order chi connectivity index (χ0) is 13.1. The fraction of sp³-hybridized carbons (Fsp3) is 0.214. The predicted octanol–water partition coefficient (Wildman–Crippen LogP) is 3.13. The molecule has 1 aromatic carbocycles. The van der Waals surface area contributed by atoms with Crippen LogP contribution in [0, 0.1) is 6.92 Å². The van der Waals surface area contributed by atoms with Crippen LogP contribution >= 0.6 is 11.3 Å². The van der Waals surface area contributed by atoms with E-state index in [0.717, 1.165) is 11.1 Å². The molecular formula is C14H16N2OS. The number of carbonyl (C=O) groups is 1. The molecule has 3 N–H and O–H groups in total. The quantitative estimate of drug-likeness (QED) is 0.833. The molecule has 1 unspecified atom stereocenters. The Morgan fingerprint density at radius 1 is 1.39 bits per heavy atom. The van der Waals surface area contributed by atoms with Gasteiger partial charge in [-0.05, 0) is 53.9 Å². The molecule has 1 atom stereocenters. The van der Waals surface area contributed by atoms with Crippen molar-refractivity contribution in [2.45, 2.75) is 19.9 Å². The van der Waals surface area contributed by atoms with Crippen molar-refractivity contribution in [1.82, 2.24) is 5.32 Å². The van der Waals surface area contributed by atoms with Crippen molar-refractivity contribution in [2.75, 3.05) is 5.73 Å². The summed E-state index contributed by atoms with van der Waals surface area (Å²) in [5.41, 5.74) is 9.03. The molecular weight excluding hydrogens is 244 g/mol. The molecule has 94 valence electrons. The van der Waals surface area contributed by atoms with E-state index in [-0.39, 0.29) is 11.9 Å². The summed E-state index contributed by atoms with van der Waals surface area (Å²) in [6.07, 6.45) is 0. The molecule has 2 rings (SSSR count). The number of amides is 1. The van der Waals surface area contributed by atoms with Crippen LogP contribution in [-0.2, 0) is 0 Å². The number of thiophene rings is 1. The molecule has 1 heterocycles. The molecule has 0 aliphatic heterocycles. The van der Waals surface area contributed by atoms with Gasteiger partial charge in [0.15, 0.2) is 0 Å². The summed E-state index contributed by atoms with van der Waals surface area (Å²) in [6.45, 7) is 3.83. The summed E-state index contributed by atoms with van der Waals surface area (Å²) in [4.78, 5) is 12.2. The standard InChI is InChI=1S/C14H16N2OS/c1-9-12(4-3-5-13(9)15)14(17)16-10(2)11-6-7-18-8-11/h3-8,10H,15H2,1-2H3,(H,16,17). The van der Waals surface area contributed by atoms with Gasteiger partial charge in [0.1, 0.15) is 0 Å². The summed E-state index contributed by atoms with van der Waals surface area (Å²) in [6, 6.07) is 7.41. The summed E-state index contributed by atoms with van der Waals surface area (Å²) in [7, 11) is 0. The van der Waals surface area contributed by atoms with Crippen LogP contribution in [-0.4, -0.2) is 5.91 Å². The molecule has 0 aliphatic rings. The summed E-state index contributed by atoms with van der Waals surface area (Å²) < 4.78 is 0. The van der Waals surface area contributed by atoms with Crippen molar-refractivity contribution in [3.8, 4) is 0 Å². The number of rotatable bonds is 3. The number of hydrogen-bond acceptors (Lipinski definition) is 3. The molecule has 0 radical (unpaired) electrons. The highest BCUT2D eigenvalue weighted by atomic mass is 32.1. The molecule has 0 fully saturated rings. The molecule has 1 amide bonds. The van der Waals surface area contributed by atoms with Crippen LogP contribution in [0.15, 0.2) is 35.0 Å². The smallest absolute Gasteiger partial charge is 0.252 e. The van der Waals surface area contributed by atoms with Gasteiger partial charge in [0.25, 0.3) is 5.91 Å². The average Bonchev–Trinajstić information content (AvgIpc) is 2.86. The van der Waals surface area contributed by atoms with E-state index < -0.39 is 0 Å². The highest BCUT2D eigenvalue weighted by Crippen LogP contribution is 2.19. The lowest BCUT2D eigenvalue weighted by atomic mass is 10.1. The van der Waals surface area contributed by atoms with Gasteiger partial charge in [0.05, 0.1) is 6.04 Å². The number of nitrogen functional groups attached to an aromatic ring is 1. The highest BCUT2D eigenvalue weighted by Gasteiger charge is 2.14. The number of nitrogens with one attached hydrogen (secondary N) is 1. The Hall–Kier alpha value is -1.81. The van der Waals surface area contributed by atoms with Gasteiger partial charge in [-0.3, -0.25) is 4.79 Å². The third-order valence-electron chi connectivity index (χ3n) is 3.01. The van der Waals surface area contributed by atoms with E-state index in [2.05, 4.69) is 5.32 Å². The first-order valence-corrected chi connectivity index (χ1v) is 6.72. The fourth-order valence-electron chi connectivity index (χ4n) is 1.78. The Morgan fingerprint density at radius 2 is 2.17 bits per heavy atom. The van der Waals surface area contributed by atoms with Gasteiger partial charge >= 0.3 is 0 Å². The molecule has 0 bridgehead atoms. The maximum Gasteiger partial charge on any atom is 0.252 e. The number of nitrogens with two attached hydrogens (primary N) is 1. The van der Waals surface area contributed by atoms with E-state index in [1.807, 2.05) is 30.7 Å². The molecule has 0 aliphatic carbocycles. The molecule has 2 aromatic rings. The SMILES string of the molecule is Cc1c(N)cccc1C(=O)NC(C)c1ccsc1. The number of anilines is 1. The number of hydrogen-bond donors (Lipinski definition) is 2. The van der Waals surface area contributed by atoms with Crippen LogP contribution < -0.4 is 11.1 Å². The minimum atomic E-state index is -0.0847. The number of benzene rings is 1. The van der Waals surface area contributed by atoms with Crippen LogP contribution in [0.1, 0.15) is 34.5 Å². The lowest BCUT2D eigenvalue weighted by Crippen LogP contribution is -2.27. The van der Waals surface area contributed by atoms with Crippen molar-refractivity contribution in [3.05, 3.63) is 51.7 Å². The van der Waals surface area contributed by atoms with E-state index in [4.69, 9.17) is 5.73 Å². The van der Waals surface area contributed by atoms with Crippen LogP contribution in [0.3, 0.4) is 0 Å². The summed E-state index contributed by atoms with van der Waals surface area (Å²) in [5, 5.41) is 7.02. The maximum atomic E-state index is 12.2. The van der Waals surface area contributed by atoms with E-state index >= 15 is 0 Å². The van der Waals surface area contributed by atoms with Crippen LogP contribution in [0.25, 0.3) is 0 Å². The monoisotopic (exact) mass is 260 g/mol. The van der Waals surface area contributed by atoms with Gasteiger partial charge in [0.2, 0.25) is 0 Å². The first kappa shape index (κ1) is 12.6. The maximum absolute atomic E-state index is 12.2. The van der Waals surface area contributed by atoms with Gasteiger partial charge < -0.3 is 11.1 Å². The van der Waals surface area contributed by atoms with Gasteiger partial charge in [0, 0.05) is 11.3 Å². The third kappa shape index (κ3) is 2.54. The van der Waals surface area contributed by atoms with Crippen molar-refractivity contribution in [2.24, 2.45) is 0 Å². The van der Waals surface area contributed by atoms with Crippen LogP contribution in [0.4, 0.5) is 5.69 Å². The predicted molar refractivity (Wildman–Crippen MR) is 75.8 cm³/mol. The first-order chi connectivity index (χ1) is 8.59. The fourth-order valence-corrected chi connectivity index (χ4v) is 2.53. The van der Waals surface area contributed by atoms with Gasteiger partial charge in [-0.2, -0.15) is 11.3 Å². The van der Waals surface area contributed by atoms with Gasteiger partial charge in [-0.15, -0.1) is 0 Å². The zero-order valence-electron chi connectivity index (χ0n) is 10.4. The van der Waals surface area contributed by atoms with Crippen molar-refractivity contribution in [3.63, 3.8) is 0 Å². The summed E-state index contributed by atoms with van der Waals surface area (Å²) >= 11 is 1.63. The Labute approximate surface area is 111 Å². The minimum absolute atomic E-state index is 0.00424. The lowest BCUT2D eigenvalue weighted by Gasteiger charge is -2.14. The van der Waals surface area contributed by atoms with Crippen molar-refractivity contribution < 1.29 is 4.79 Å². The molecule has 0 saturated carbocycles. The van der Waals surface area contributed by atoms with E-state index in [1.165, 1.54) is 0 Å². The molecule has 0 saturated heterocycles. The second-order valence-corrected chi connectivity index (χ2v) is 5.05. The molecule has 0 spiro atoms. The lowest BCUT2D eigenvalue weighted by molar-refractivity contribution is 0.0939. The summed E-state index contributed by atoms with van der Waals surface area (Å²) in [5.74, 6) is -0.0847. The van der Waals surface area contributed by atoms with E-state index in [0.29, 0.717) is 11.3 Å². The van der Waals surface area contributed by atoms with Gasteiger partial charge in [-0.25, -0.2) is 0 Å². The normalized spacial score (nSPS) is 12.1. The third-order valence-corrected chi connectivity index (χ3v) is 3.71. The van der Waals surface area contributed by atoms with Crippen LogP contribution in [0.2, 0.25) is 0 Å². The highest BCUT2D eigenvalue weighted by molar-refractivity contribution is 7.07. The largest absolute Gasteiger partial charge is 0.398 e. The molecule has 3 nitrogen and oxygen atoms in total. The second-order valence-electron chi connectivity index (χ2n) is 4.27.